The second kappa shape index (κ2) is 5.77. The third kappa shape index (κ3) is 2.74. The van der Waals surface area contributed by atoms with Gasteiger partial charge in [0.15, 0.2) is 5.82 Å². The van der Waals surface area contributed by atoms with Crippen molar-refractivity contribution in [3.63, 3.8) is 0 Å². The Morgan fingerprint density at radius 1 is 1.30 bits per heavy atom. The molecule has 2 atom stereocenters. The summed E-state index contributed by atoms with van der Waals surface area (Å²) in [5, 5.41) is 3.91. The molecule has 6 nitrogen and oxygen atoms in total. The normalized spacial score (nSPS) is 20.9. The molecule has 1 aliphatic rings. The quantitative estimate of drug-likeness (QED) is 0.804. The Balaban J connectivity index is 1.54. The molecule has 6 heteroatoms. The van der Waals surface area contributed by atoms with Crippen molar-refractivity contribution in [2.24, 2.45) is 0 Å². The molecule has 3 heterocycles. The molecular weight excluding hydrogens is 290 g/mol. The molecule has 0 saturated carbocycles. The summed E-state index contributed by atoms with van der Waals surface area (Å²) in [6.07, 6.45) is 2.31. The number of hydrogen-bond acceptors (Lipinski definition) is 5. The van der Waals surface area contributed by atoms with E-state index in [1.54, 1.807) is 0 Å². The number of nitrogens with one attached hydrogen (secondary N) is 1. The lowest BCUT2D eigenvalue weighted by Gasteiger charge is -2.34. The molecule has 4 rings (SSSR count). The van der Waals surface area contributed by atoms with Crippen LogP contribution in [-0.4, -0.2) is 38.1 Å². The fraction of sp³-hybridized carbons (Fsp3) is 0.471. The highest BCUT2D eigenvalue weighted by atomic mass is 16.5. The number of imidazole rings is 1. The highest BCUT2D eigenvalue weighted by Gasteiger charge is 2.29. The van der Waals surface area contributed by atoms with Crippen LogP contribution < -0.4 is 0 Å². The minimum atomic E-state index is 0.142. The zero-order valence-electron chi connectivity index (χ0n) is 13.5. The predicted octanol–water partition coefficient (Wildman–Crippen LogP) is 3.19. The minimum absolute atomic E-state index is 0.142. The summed E-state index contributed by atoms with van der Waals surface area (Å²) in [5.41, 5.74) is 2.15. The maximum Gasteiger partial charge on any atom is 0.243 e. The van der Waals surface area contributed by atoms with Gasteiger partial charge < -0.3 is 9.51 Å². The van der Waals surface area contributed by atoms with E-state index in [-0.39, 0.29) is 6.04 Å². The van der Waals surface area contributed by atoms with E-state index in [9.17, 15) is 0 Å². The van der Waals surface area contributed by atoms with Crippen LogP contribution in [0.15, 0.2) is 28.8 Å². The molecule has 1 fully saturated rings. The highest BCUT2D eigenvalue weighted by molar-refractivity contribution is 5.74. The summed E-state index contributed by atoms with van der Waals surface area (Å²) >= 11 is 0. The molecule has 0 radical (unpaired) electrons. The zero-order chi connectivity index (χ0) is 15.8. The monoisotopic (exact) mass is 311 g/mol. The molecule has 1 aliphatic heterocycles. The summed E-state index contributed by atoms with van der Waals surface area (Å²) in [6, 6.07) is 8.34. The average molecular weight is 311 g/mol. The fourth-order valence-electron chi connectivity index (χ4n) is 3.39. The zero-order valence-corrected chi connectivity index (χ0v) is 13.5. The van der Waals surface area contributed by atoms with Crippen LogP contribution in [0.2, 0.25) is 0 Å². The van der Waals surface area contributed by atoms with Crippen LogP contribution in [0, 0.1) is 6.92 Å². The minimum Gasteiger partial charge on any atom is -0.342 e. The Kier molecular flexibility index (Phi) is 3.61. The molecule has 120 valence electrons. The van der Waals surface area contributed by atoms with Crippen molar-refractivity contribution < 1.29 is 4.52 Å². The second-order valence-electron chi connectivity index (χ2n) is 6.33. The Labute approximate surface area is 134 Å². The fourth-order valence-corrected chi connectivity index (χ4v) is 3.39. The van der Waals surface area contributed by atoms with Crippen molar-refractivity contribution in [3.05, 3.63) is 41.8 Å². The van der Waals surface area contributed by atoms with Crippen molar-refractivity contribution in [2.75, 3.05) is 13.1 Å². The van der Waals surface area contributed by atoms with E-state index >= 15 is 0 Å². The first kappa shape index (κ1) is 14.4. The smallest absolute Gasteiger partial charge is 0.243 e. The first-order chi connectivity index (χ1) is 11.2. The average Bonchev–Trinajstić information content (AvgIpc) is 3.20. The van der Waals surface area contributed by atoms with E-state index in [4.69, 9.17) is 9.51 Å². The van der Waals surface area contributed by atoms with E-state index in [2.05, 4.69) is 39.1 Å². The summed E-state index contributed by atoms with van der Waals surface area (Å²) < 4.78 is 5.34. The Hall–Kier alpha value is -2.21. The van der Waals surface area contributed by atoms with Crippen LogP contribution in [0.3, 0.4) is 0 Å². The third-order valence-electron chi connectivity index (χ3n) is 4.70. The van der Waals surface area contributed by atoms with Crippen LogP contribution >= 0.6 is 0 Å². The highest BCUT2D eigenvalue weighted by Crippen LogP contribution is 2.31. The number of rotatable bonds is 3. The molecule has 1 aromatic carbocycles. The first-order valence-corrected chi connectivity index (χ1v) is 8.19. The van der Waals surface area contributed by atoms with Crippen LogP contribution in [0.25, 0.3) is 11.0 Å². The van der Waals surface area contributed by atoms with Crippen LogP contribution in [0.1, 0.15) is 49.3 Å². The number of aryl methyl sites for hydroxylation is 1. The van der Waals surface area contributed by atoms with Gasteiger partial charge in [-0.15, -0.1) is 0 Å². The lowest BCUT2D eigenvalue weighted by atomic mass is 9.96. The number of piperidine rings is 1. The first-order valence-electron chi connectivity index (χ1n) is 8.19. The number of hydrogen-bond donors (Lipinski definition) is 1. The number of likely N-dealkylation sites (tertiary alicyclic amines) is 1. The van der Waals surface area contributed by atoms with E-state index in [1.165, 1.54) is 0 Å². The summed E-state index contributed by atoms with van der Waals surface area (Å²) in [7, 11) is 0. The summed E-state index contributed by atoms with van der Waals surface area (Å²) in [6.45, 7) is 6.00. The van der Waals surface area contributed by atoms with E-state index in [0.717, 1.165) is 42.8 Å². The van der Waals surface area contributed by atoms with Crippen molar-refractivity contribution in [3.8, 4) is 0 Å². The number of benzene rings is 1. The van der Waals surface area contributed by atoms with Gasteiger partial charge in [-0.05, 0) is 45.4 Å². The molecule has 1 saturated heterocycles. The van der Waals surface area contributed by atoms with Gasteiger partial charge >= 0.3 is 0 Å². The van der Waals surface area contributed by atoms with Gasteiger partial charge in [-0.3, -0.25) is 4.90 Å². The SMILES string of the molecule is Cc1noc([C@H](C)N2CCC[C@H](c3nc4ccccc4[nH]3)C2)n1. The van der Waals surface area contributed by atoms with Gasteiger partial charge in [0.25, 0.3) is 0 Å². The number of H-pyrrole nitrogens is 1. The molecule has 0 aliphatic carbocycles. The Bertz CT molecular complexity index is 775. The van der Waals surface area contributed by atoms with Gasteiger partial charge in [-0.1, -0.05) is 17.3 Å². The lowest BCUT2D eigenvalue weighted by Crippen LogP contribution is -2.36. The standard InChI is InChI=1S/C17H21N5O/c1-11(17-18-12(2)21-23-17)22-9-5-6-13(10-22)16-19-14-7-3-4-8-15(14)20-16/h3-4,7-8,11,13H,5-6,9-10H2,1-2H3,(H,19,20)/t11-,13-/m0/s1. The summed E-state index contributed by atoms with van der Waals surface area (Å²) in [4.78, 5) is 15.0. The molecule has 0 amide bonds. The van der Waals surface area contributed by atoms with Crippen LogP contribution in [-0.2, 0) is 0 Å². The number of fused-ring (bicyclic) bond motifs is 1. The molecule has 2 aromatic heterocycles. The van der Waals surface area contributed by atoms with Crippen molar-refractivity contribution in [2.45, 2.75) is 38.6 Å². The van der Waals surface area contributed by atoms with Crippen LogP contribution in [0.4, 0.5) is 0 Å². The van der Waals surface area contributed by atoms with Gasteiger partial charge in [-0.25, -0.2) is 4.98 Å². The third-order valence-corrected chi connectivity index (χ3v) is 4.70. The van der Waals surface area contributed by atoms with E-state index in [1.807, 2.05) is 19.1 Å². The number of aromatic amines is 1. The summed E-state index contributed by atoms with van der Waals surface area (Å²) in [5.74, 6) is 2.90. The van der Waals surface area contributed by atoms with Gasteiger partial charge in [-0.2, -0.15) is 4.98 Å². The number of para-hydroxylation sites is 2. The molecular formula is C17H21N5O. The predicted molar refractivity (Wildman–Crippen MR) is 87.1 cm³/mol. The van der Waals surface area contributed by atoms with Gasteiger partial charge in [0.05, 0.1) is 17.1 Å². The molecule has 3 aromatic rings. The Morgan fingerprint density at radius 3 is 2.96 bits per heavy atom. The van der Waals surface area contributed by atoms with E-state index in [0.29, 0.717) is 17.6 Å². The molecule has 1 N–H and O–H groups in total. The largest absolute Gasteiger partial charge is 0.342 e. The van der Waals surface area contributed by atoms with Crippen molar-refractivity contribution in [1.29, 1.82) is 0 Å². The second-order valence-corrected chi connectivity index (χ2v) is 6.33. The molecule has 23 heavy (non-hydrogen) atoms. The molecule has 0 unspecified atom stereocenters. The van der Waals surface area contributed by atoms with Crippen LogP contribution in [0.5, 0.6) is 0 Å². The maximum absolute atomic E-state index is 5.34. The topological polar surface area (TPSA) is 70.8 Å². The molecule has 0 bridgehead atoms. The van der Waals surface area contributed by atoms with Crippen molar-refractivity contribution in [1.82, 2.24) is 25.0 Å². The number of nitrogens with zero attached hydrogens (tertiary/aromatic N) is 4. The van der Waals surface area contributed by atoms with Gasteiger partial charge in [0, 0.05) is 12.5 Å². The lowest BCUT2D eigenvalue weighted by molar-refractivity contribution is 0.131. The Morgan fingerprint density at radius 2 is 2.17 bits per heavy atom. The van der Waals surface area contributed by atoms with E-state index < -0.39 is 0 Å². The number of aromatic nitrogens is 4. The van der Waals surface area contributed by atoms with Gasteiger partial charge in [0.1, 0.15) is 5.82 Å². The van der Waals surface area contributed by atoms with Crippen molar-refractivity contribution >= 4 is 11.0 Å². The maximum atomic E-state index is 5.34. The molecule has 0 spiro atoms. The van der Waals surface area contributed by atoms with Gasteiger partial charge in [0.2, 0.25) is 5.89 Å².